The lowest BCUT2D eigenvalue weighted by Crippen LogP contribution is -2.45. The Morgan fingerprint density at radius 3 is 2.47 bits per heavy atom. The first-order valence-corrected chi connectivity index (χ1v) is 10.2. The van der Waals surface area contributed by atoms with E-state index in [1.165, 1.54) is 0 Å². The molecule has 0 atom stereocenters. The Bertz CT molecular complexity index is 1100. The second kappa shape index (κ2) is 7.60. The summed E-state index contributed by atoms with van der Waals surface area (Å²) in [5.41, 5.74) is 4.58. The third-order valence-corrected chi connectivity index (χ3v) is 6.02. The van der Waals surface area contributed by atoms with Gasteiger partial charge in [0.25, 0.3) is 0 Å². The Morgan fingerprint density at radius 2 is 1.80 bits per heavy atom. The summed E-state index contributed by atoms with van der Waals surface area (Å²) in [5.74, 6) is 0.433. The number of pyridine rings is 1. The lowest BCUT2D eigenvalue weighted by Gasteiger charge is -2.39. The fraction of sp³-hybridized carbons (Fsp3) is 0.333. The molecule has 152 valence electrons. The highest BCUT2D eigenvalue weighted by Gasteiger charge is 2.40. The number of ether oxygens (including phenoxy) is 3. The Kier molecular flexibility index (Phi) is 4.78. The number of rotatable bonds is 3. The van der Waals surface area contributed by atoms with E-state index in [1.807, 2.05) is 36.5 Å². The number of aromatic nitrogens is 1. The number of methoxy groups -OCH3 is 1. The van der Waals surface area contributed by atoms with Crippen molar-refractivity contribution in [3.8, 4) is 16.9 Å². The van der Waals surface area contributed by atoms with E-state index in [1.54, 1.807) is 7.11 Å². The van der Waals surface area contributed by atoms with Crippen molar-refractivity contribution < 1.29 is 14.2 Å². The molecule has 2 aliphatic rings. The number of hydrogen-bond acceptors (Lipinski definition) is 5. The average Bonchev–Trinajstić information content (AvgIpc) is 3.26. The van der Waals surface area contributed by atoms with Gasteiger partial charge >= 0.3 is 0 Å². The van der Waals surface area contributed by atoms with E-state index in [9.17, 15) is 0 Å². The topological polar surface area (TPSA) is 48.2 Å². The molecule has 3 heterocycles. The first-order chi connectivity index (χ1) is 14.7. The predicted molar refractivity (Wildman–Crippen MR) is 116 cm³/mol. The van der Waals surface area contributed by atoms with Gasteiger partial charge in [-0.3, -0.25) is 4.98 Å². The Hall–Kier alpha value is -3.14. The maximum Gasteiger partial charge on any atom is 0.187 e. The van der Waals surface area contributed by atoms with Gasteiger partial charge in [0.15, 0.2) is 17.2 Å². The number of hydrogen-bond donors (Lipinski definition) is 0. The van der Waals surface area contributed by atoms with E-state index < -0.39 is 5.79 Å². The Morgan fingerprint density at radius 1 is 1.07 bits per heavy atom. The number of para-hydroxylation sites is 1. The van der Waals surface area contributed by atoms with Crippen LogP contribution in [0.3, 0.4) is 0 Å². The van der Waals surface area contributed by atoms with Gasteiger partial charge < -0.3 is 19.1 Å². The number of fused-ring (bicyclic) bond motifs is 1. The molecular weight excluding hydrogens is 378 g/mol. The van der Waals surface area contributed by atoms with E-state index >= 15 is 0 Å². The molecule has 2 aromatic carbocycles. The van der Waals surface area contributed by atoms with Crippen LogP contribution in [0.25, 0.3) is 26.9 Å². The molecule has 3 aromatic rings. The van der Waals surface area contributed by atoms with Crippen LogP contribution >= 0.6 is 0 Å². The molecule has 1 spiro atoms. The number of piperidine rings is 1. The molecule has 0 amide bonds. The smallest absolute Gasteiger partial charge is 0.187 e. The van der Waals surface area contributed by atoms with Crippen molar-refractivity contribution in [1.82, 2.24) is 4.98 Å². The minimum Gasteiger partial charge on any atom is -0.494 e. The lowest BCUT2D eigenvalue weighted by molar-refractivity contribution is -0.169. The standard InChI is InChI=1S/C24H23N3O3/c1-25-18-8-6-17(7-9-18)19-4-3-5-20-22(19)26-16-21(23(20)28-2)27-12-10-24(11-13-27)29-14-15-30-24/h3-9,16H,10-15H2,2H3. The zero-order valence-electron chi connectivity index (χ0n) is 16.9. The molecule has 0 N–H and O–H groups in total. The van der Waals surface area contributed by atoms with Crippen LogP contribution in [-0.4, -0.2) is 44.2 Å². The third kappa shape index (κ3) is 3.17. The van der Waals surface area contributed by atoms with Crippen molar-refractivity contribution in [1.29, 1.82) is 0 Å². The van der Waals surface area contributed by atoms with E-state index in [0.717, 1.165) is 59.4 Å². The summed E-state index contributed by atoms with van der Waals surface area (Å²) < 4.78 is 17.6. The molecular formula is C24H23N3O3. The van der Waals surface area contributed by atoms with Crippen molar-refractivity contribution in [3.63, 3.8) is 0 Å². The molecule has 0 unspecified atom stereocenters. The summed E-state index contributed by atoms with van der Waals surface area (Å²) in [6.07, 6.45) is 3.58. The van der Waals surface area contributed by atoms with Crippen molar-refractivity contribution >= 4 is 22.3 Å². The maximum atomic E-state index is 7.15. The van der Waals surface area contributed by atoms with Crippen molar-refractivity contribution in [2.75, 3.05) is 38.3 Å². The number of anilines is 1. The van der Waals surface area contributed by atoms with Crippen LogP contribution in [0.5, 0.6) is 5.75 Å². The fourth-order valence-corrected chi connectivity index (χ4v) is 4.45. The average molecular weight is 401 g/mol. The van der Waals surface area contributed by atoms with Gasteiger partial charge in [-0.25, -0.2) is 4.85 Å². The molecule has 6 nitrogen and oxygen atoms in total. The molecule has 0 bridgehead atoms. The normalized spacial score (nSPS) is 17.9. The summed E-state index contributed by atoms with van der Waals surface area (Å²) in [5, 5.41) is 0.982. The van der Waals surface area contributed by atoms with Crippen LogP contribution in [-0.2, 0) is 9.47 Å². The first kappa shape index (κ1) is 18.9. The SMILES string of the molecule is [C-]#[N+]c1ccc(-c2cccc3c(OC)c(N4CCC5(CC4)OCCO5)cnc23)cc1. The minimum atomic E-state index is -0.404. The summed E-state index contributed by atoms with van der Waals surface area (Å²) in [7, 11) is 1.71. The Labute approximate surface area is 175 Å². The first-order valence-electron chi connectivity index (χ1n) is 10.2. The van der Waals surface area contributed by atoms with Gasteiger partial charge in [0.2, 0.25) is 0 Å². The van der Waals surface area contributed by atoms with Crippen LogP contribution in [0.2, 0.25) is 0 Å². The quantitative estimate of drug-likeness (QED) is 0.590. The second-order valence-corrected chi connectivity index (χ2v) is 7.63. The largest absolute Gasteiger partial charge is 0.494 e. The predicted octanol–water partition coefficient (Wildman–Crippen LogP) is 4.80. The molecule has 30 heavy (non-hydrogen) atoms. The highest BCUT2D eigenvalue weighted by Crippen LogP contribution is 2.41. The van der Waals surface area contributed by atoms with Crippen LogP contribution in [0.15, 0.2) is 48.7 Å². The zero-order chi connectivity index (χ0) is 20.6. The maximum absolute atomic E-state index is 7.15. The number of benzene rings is 2. The van der Waals surface area contributed by atoms with Crippen LogP contribution < -0.4 is 9.64 Å². The van der Waals surface area contributed by atoms with Gasteiger partial charge in [0.05, 0.1) is 44.3 Å². The van der Waals surface area contributed by atoms with Crippen LogP contribution in [0, 0.1) is 6.57 Å². The number of nitrogens with zero attached hydrogens (tertiary/aromatic N) is 3. The molecule has 2 fully saturated rings. The van der Waals surface area contributed by atoms with Gasteiger partial charge in [-0.05, 0) is 11.6 Å². The highest BCUT2D eigenvalue weighted by atomic mass is 16.7. The van der Waals surface area contributed by atoms with E-state index in [2.05, 4.69) is 21.9 Å². The van der Waals surface area contributed by atoms with Crippen LogP contribution in [0.4, 0.5) is 11.4 Å². The van der Waals surface area contributed by atoms with Gasteiger partial charge in [-0.1, -0.05) is 36.4 Å². The third-order valence-electron chi connectivity index (χ3n) is 6.02. The van der Waals surface area contributed by atoms with Gasteiger partial charge in [-0.2, -0.15) is 0 Å². The van der Waals surface area contributed by atoms with E-state index in [-0.39, 0.29) is 0 Å². The summed E-state index contributed by atoms with van der Waals surface area (Å²) in [4.78, 5) is 10.6. The summed E-state index contributed by atoms with van der Waals surface area (Å²) in [6.45, 7) is 10.2. The molecule has 2 aliphatic heterocycles. The lowest BCUT2D eigenvalue weighted by atomic mass is 10.00. The monoisotopic (exact) mass is 401 g/mol. The second-order valence-electron chi connectivity index (χ2n) is 7.63. The minimum absolute atomic E-state index is 0.404. The van der Waals surface area contributed by atoms with E-state index in [4.69, 9.17) is 25.8 Å². The van der Waals surface area contributed by atoms with Crippen molar-refractivity contribution in [2.24, 2.45) is 0 Å². The summed E-state index contributed by atoms with van der Waals surface area (Å²) in [6, 6.07) is 13.7. The van der Waals surface area contributed by atoms with Crippen molar-refractivity contribution in [2.45, 2.75) is 18.6 Å². The molecule has 1 aromatic heterocycles. The molecule has 0 radical (unpaired) electrons. The van der Waals surface area contributed by atoms with E-state index in [0.29, 0.717) is 18.9 Å². The van der Waals surface area contributed by atoms with Gasteiger partial charge in [-0.15, -0.1) is 0 Å². The summed E-state index contributed by atoms with van der Waals surface area (Å²) >= 11 is 0. The molecule has 0 aliphatic carbocycles. The molecule has 6 heteroatoms. The van der Waals surface area contributed by atoms with Gasteiger partial charge in [0.1, 0.15) is 0 Å². The molecule has 2 saturated heterocycles. The highest BCUT2D eigenvalue weighted by molar-refractivity contribution is 5.99. The zero-order valence-corrected chi connectivity index (χ0v) is 16.9. The van der Waals surface area contributed by atoms with Gasteiger partial charge in [0, 0.05) is 36.9 Å². The molecule has 5 rings (SSSR count). The van der Waals surface area contributed by atoms with Crippen LogP contribution in [0.1, 0.15) is 12.8 Å². The van der Waals surface area contributed by atoms with Crippen molar-refractivity contribution in [3.05, 3.63) is 60.1 Å². The fourth-order valence-electron chi connectivity index (χ4n) is 4.45. The Balaban J connectivity index is 1.51. The molecule has 0 saturated carbocycles.